The maximum atomic E-state index is 10.4. The van der Waals surface area contributed by atoms with Crippen LogP contribution in [0.4, 0.5) is 4.79 Å². The van der Waals surface area contributed by atoms with E-state index in [1.54, 1.807) is 0 Å². The minimum Gasteiger partial charge on any atom is -0.652 e. The first-order valence-corrected chi connectivity index (χ1v) is 8.71. The van der Waals surface area contributed by atoms with Gasteiger partial charge in [0.25, 0.3) is 0 Å². The number of rotatable bonds is 0. The van der Waals surface area contributed by atoms with E-state index in [2.05, 4.69) is 13.0 Å². The number of aliphatic hydroxyl groups is 1. The molecule has 3 aliphatic rings. The molecule has 3 aliphatic carbocycles. The third-order valence-electron chi connectivity index (χ3n) is 6.66. The second kappa shape index (κ2) is 8.03. The van der Waals surface area contributed by atoms with E-state index >= 15 is 0 Å². The van der Waals surface area contributed by atoms with Crippen LogP contribution in [0.3, 0.4) is 0 Å². The Morgan fingerprint density at radius 1 is 1.20 bits per heavy atom. The fourth-order valence-corrected chi connectivity index (χ4v) is 5.54. The number of phenols is 1. The summed E-state index contributed by atoms with van der Waals surface area (Å²) >= 11 is 0. The van der Waals surface area contributed by atoms with Crippen LogP contribution < -0.4 is 10.2 Å². The van der Waals surface area contributed by atoms with Gasteiger partial charge in [-0.05, 0) is 91.1 Å². The number of fused-ring (bicyclic) bond motifs is 5. The molecule has 0 spiro atoms. The van der Waals surface area contributed by atoms with Gasteiger partial charge < -0.3 is 25.2 Å². The number of aliphatic hydroxyl groups excluding tert-OH is 1. The van der Waals surface area contributed by atoms with E-state index in [1.807, 2.05) is 12.1 Å². The molecule has 0 radical (unpaired) electrons. The normalized spacial score (nSPS) is 35.1. The molecule has 0 aliphatic heterocycles. The number of aryl methyl sites for hydroxylation is 1. The zero-order valence-corrected chi connectivity index (χ0v) is 16.8. The van der Waals surface area contributed by atoms with Crippen LogP contribution in [0.5, 0.6) is 5.75 Å². The molecule has 132 valence electrons. The number of aromatic hydroxyl groups is 1. The number of carbonyl (C=O) groups is 1. The molecule has 25 heavy (non-hydrogen) atoms. The maximum Gasteiger partial charge on any atom is 2.00 e. The molecule has 1 aromatic rings. The Morgan fingerprint density at radius 2 is 1.88 bits per heavy atom. The van der Waals surface area contributed by atoms with Gasteiger partial charge in [0.1, 0.15) is 5.75 Å². The van der Waals surface area contributed by atoms with Crippen molar-refractivity contribution in [1.29, 1.82) is 0 Å². The van der Waals surface area contributed by atoms with Crippen LogP contribution in [-0.2, 0) is 6.42 Å². The molecular formula is C19H24CaO5. The zero-order valence-electron chi connectivity index (χ0n) is 14.6. The van der Waals surface area contributed by atoms with Gasteiger partial charge in [-0.2, -0.15) is 0 Å². The van der Waals surface area contributed by atoms with Crippen molar-refractivity contribution in [3.05, 3.63) is 29.3 Å². The zero-order chi connectivity index (χ0) is 17.5. The molecule has 0 heterocycles. The summed E-state index contributed by atoms with van der Waals surface area (Å²) in [6.45, 7) is 2.32. The molecule has 2 N–H and O–H groups in total. The molecule has 2 saturated carbocycles. The molecular weight excluding hydrogens is 348 g/mol. The van der Waals surface area contributed by atoms with E-state index in [0.29, 0.717) is 17.6 Å². The summed E-state index contributed by atoms with van der Waals surface area (Å²) in [6.07, 6.45) is 4.45. The maximum absolute atomic E-state index is 10.4. The Morgan fingerprint density at radius 3 is 2.56 bits per heavy atom. The van der Waals surface area contributed by atoms with E-state index in [-0.39, 0.29) is 49.3 Å². The Bertz CT molecular complexity index is 630. The van der Waals surface area contributed by atoms with Crippen molar-refractivity contribution in [3.63, 3.8) is 0 Å². The first kappa shape index (κ1) is 20.8. The molecule has 0 aromatic heterocycles. The van der Waals surface area contributed by atoms with Crippen molar-refractivity contribution in [3.8, 4) is 5.75 Å². The number of benzene rings is 1. The smallest absolute Gasteiger partial charge is 0.652 e. The Labute approximate surface area is 178 Å². The van der Waals surface area contributed by atoms with Gasteiger partial charge in [-0.15, -0.1) is 0 Å². The fraction of sp³-hybridized carbons (Fsp3) is 0.632. The van der Waals surface area contributed by atoms with Crippen molar-refractivity contribution in [2.75, 3.05) is 0 Å². The van der Waals surface area contributed by atoms with Gasteiger partial charge in [0, 0.05) is 0 Å². The second-order valence-corrected chi connectivity index (χ2v) is 7.69. The van der Waals surface area contributed by atoms with Crippen molar-refractivity contribution < 1.29 is 25.2 Å². The van der Waals surface area contributed by atoms with Gasteiger partial charge >= 0.3 is 37.7 Å². The van der Waals surface area contributed by atoms with Crippen LogP contribution in [0.15, 0.2) is 18.2 Å². The van der Waals surface area contributed by atoms with E-state index in [4.69, 9.17) is 15.0 Å². The minimum absolute atomic E-state index is 0. The van der Waals surface area contributed by atoms with Crippen LogP contribution in [0.2, 0.25) is 0 Å². The van der Waals surface area contributed by atoms with Gasteiger partial charge in [0.05, 0.1) is 6.10 Å². The molecule has 1 unspecified atom stereocenters. The topological polar surface area (TPSA) is 104 Å². The molecule has 6 heteroatoms. The molecule has 0 bridgehead atoms. The molecule has 0 saturated heterocycles. The molecule has 0 amide bonds. The monoisotopic (exact) mass is 372 g/mol. The van der Waals surface area contributed by atoms with Crippen molar-refractivity contribution in [2.45, 2.75) is 57.5 Å². The summed E-state index contributed by atoms with van der Waals surface area (Å²) in [5.74, 6) is 2.49. The van der Waals surface area contributed by atoms with Crippen molar-refractivity contribution in [2.24, 2.45) is 17.3 Å². The fourth-order valence-electron chi connectivity index (χ4n) is 5.54. The summed E-state index contributed by atoms with van der Waals surface area (Å²) in [4.78, 5) is 8.33. The summed E-state index contributed by atoms with van der Waals surface area (Å²) in [5, 5.41) is 36.7. The summed E-state index contributed by atoms with van der Waals surface area (Å²) in [5.41, 5.74) is 2.99. The van der Waals surface area contributed by atoms with E-state index in [0.717, 1.165) is 25.2 Å². The third-order valence-corrected chi connectivity index (χ3v) is 6.66. The van der Waals surface area contributed by atoms with Crippen LogP contribution in [0.25, 0.3) is 0 Å². The molecule has 4 rings (SSSR count). The van der Waals surface area contributed by atoms with Crippen LogP contribution in [0.1, 0.15) is 56.1 Å². The predicted octanol–water partition coefficient (Wildman–Crippen LogP) is 0.781. The van der Waals surface area contributed by atoms with Crippen LogP contribution >= 0.6 is 0 Å². The van der Waals surface area contributed by atoms with Gasteiger partial charge in [0.15, 0.2) is 0 Å². The first-order valence-electron chi connectivity index (χ1n) is 8.71. The van der Waals surface area contributed by atoms with Crippen molar-refractivity contribution in [1.82, 2.24) is 0 Å². The average Bonchev–Trinajstić information content (AvgIpc) is 2.82. The van der Waals surface area contributed by atoms with Gasteiger partial charge in [-0.3, -0.25) is 0 Å². The Hall–Kier alpha value is -0.490. The SMILES string of the molecule is C[C@]12CC[C@@H]3c4ccc(O)cc4CC[C@H]3[C@@H]1CCC2O.O=C([O-])[O-].[Ca+2]. The number of hydrogen-bond donors (Lipinski definition) is 2. The number of carboxylic acid groups (broad SMARTS) is 2. The van der Waals surface area contributed by atoms with Gasteiger partial charge in [-0.25, -0.2) is 0 Å². The number of hydrogen-bond acceptors (Lipinski definition) is 5. The minimum atomic E-state index is -2.33. The predicted molar refractivity (Wildman–Crippen MR) is 89.9 cm³/mol. The Balaban J connectivity index is 0.000000411. The largest absolute Gasteiger partial charge is 2.00 e. The number of phenolic OH excluding ortho intramolecular Hbond substituents is 1. The van der Waals surface area contributed by atoms with E-state index in [1.165, 1.54) is 30.4 Å². The van der Waals surface area contributed by atoms with E-state index in [9.17, 15) is 10.2 Å². The molecule has 1 aromatic carbocycles. The summed E-state index contributed by atoms with van der Waals surface area (Å²) < 4.78 is 0. The standard InChI is InChI=1S/C18H24O2.CH2O3.Ca/c1-18-9-8-14-13-5-3-12(19)10-11(13)2-4-15(14)16(18)6-7-17(18)20;2-1(3)4;/h3,5,10,14-17,19-20H,2,4,6-9H2,1H3;(H2,2,3,4);/q;;+2/p-2/t14-,15-,16+,17?,18+;;/m1../s1. The quantitative estimate of drug-likeness (QED) is 0.655. The summed E-state index contributed by atoms with van der Waals surface area (Å²) in [6, 6.07) is 5.96. The second-order valence-electron chi connectivity index (χ2n) is 7.69. The van der Waals surface area contributed by atoms with Crippen LogP contribution in [0, 0.1) is 17.3 Å². The number of carbonyl (C=O) groups excluding carboxylic acids is 1. The molecule has 5 atom stereocenters. The molecule has 5 nitrogen and oxygen atoms in total. The molecule has 2 fully saturated rings. The van der Waals surface area contributed by atoms with Gasteiger partial charge in [-0.1, -0.05) is 13.0 Å². The first-order chi connectivity index (χ1) is 11.3. The summed E-state index contributed by atoms with van der Waals surface area (Å²) in [7, 11) is 0. The average molecular weight is 372 g/mol. The van der Waals surface area contributed by atoms with Crippen molar-refractivity contribution >= 4 is 43.9 Å². The Kier molecular flexibility index (Phi) is 6.69. The van der Waals surface area contributed by atoms with Crippen LogP contribution in [-0.4, -0.2) is 60.2 Å². The third kappa shape index (κ3) is 3.94. The van der Waals surface area contributed by atoms with E-state index < -0.39 is 6.16 Å². The van der Waals surface area contributed by atoms with Gasteiger partial charge in [0.2, 0.25) is 0 Å².